The summed E-state index contributed by atoms with van der Waals surface area (Å²) in [5.41, 5.74) is 4.44. The summed E-state index contributed by atoms with van der Waals surface area (Å²) in [7, 11) is 0. The molecule has 4 aliphatic rings. The van der Waals surface area contributed by atoms with E-state index in [1.54, 1.807) is 0 Å². The van der Waals surface area contributed by atoms with Crippen LogP contribution in [-0.2, 0) is 24.4 Å². The number of nitrogens with one attached hydrogen (secondary N) is 1. The Balaban J connectivity index is 1.25. The molecule has 2 atom stereocenters. The summed E-state index contributed by atoms with van der Waals surface area (Å²) in [6, 6.07) is 8.36. The minimum Gasteiger partial charge on any atom is -0.378 e. The predicted octanol–water partition coefficient (Wildman–Crippen LogP) is 1.58. The van der Waals surface area contributed by atoms with Crippen LogP contribution in [0.1, 0.15) is 29.5 Å². The highest BCUT2D eigenvalue weighted by atomic mass is 16.5. The van der Waals surface area contributed by atoms with E-state index in [1.807, 2.05) is 0 Å². The number of hydrogen-bond donors (Lipinski definition) is 1. The van der Waals surface area contributed by atoms with Crippen molar-refractivity contribution >= 4 is 0 Å². The molecule has 1 saturated carbocycles. The highest BCUT2D eigenvalue weighted by Crippen LogP contribution is 2.38. The molecule has 0 bridgehead atoms. The molecule has 0 radical (unpaired) electrons. The SMILES string of the molecule is c1cc2c(cc1CN1CCN3[C@@H](COC[C@@H]3C3CC3)C1)CNC2. The molecule has 0 aromatic heterocycles. The highest BCUT2D eigenvalue weighted by molar-refractivity contribution is 5.34. The maximum absolute atomic E-state index is 5.94. The lowest BCUT2D eigenvalue weighted by atomic mass is 10.0. The Morgan fingerprint density at radius 2 is 2.00 bits per heavy atom. The molecule has 1 aliphatic carbocycles. The molecule has 3 fully saturated rings. The summed E-state index contributed by atoms with van der Waals surface area (Å²) >= 11 is 0. The fraction of sp³-hybridized carbons (Fsp3) is 0.684. The Labute approximate surface area is 138 Å². The zero-order chi connectivity index (χ0) is 15.2. The molecule has 1 N–H and O–H groups in total. The number of piperazine rings is 1. The molecular formula is C19H27N3O. The van der Waals surface area contributed by atoms with Gasteiger partial charge >= 0.3 is 0 Å². The van der Waals surface area contributed by atoms with Crippen molar-refractivity contribution in [1.82, 2.24) is 15.1 Å². The Kier molecular flexibility index (Phi) is 3.66. The summed E-state index contributed by atoms with van der Waals surface area (Å²) in [6.07, 6.45) is 2.84. The van der Waals surface area contributed by atoms with E-state index in [1.165, 1.54) is 49.2 Å². The zero-order valence-electron chi connectivity index (χ0n) is 13.8. The first kappa shape index (κ1) is 14.4. The van der Waals surface area contributed by atoms with Crippen molar-refractivity contribution < 1.29 is 4.74 Å². The maximum Gasteiger partial charge on any atom is 0.0635 e. The Morgan fingerprint density at radius 1 is 1.09 bits per heavy atom. The second-order valence-corrected chi connectivity index (χ2v) is 7.78. The number of hydrogen-bond acceptors (Lipinski definition) is 4. The standard InChI is InChI=1S/C19H27N3O/c1-2-16-8-20-9-17(16)7-14(1)10-21-5-6-22-18(11-21)12-23-13-19(22)15-3-4-15/h1-2,7,15,18-20H,3-6,8-13H2/t18-,19-/m1/s1. The average molecular weight is 313 g/mol. The van der Waals surface area contributed by atoms with E-state index in [0.717, 1.165) is 38.8 Å². The maximum atomic E-state index is 5.94. The fourth-order valence-electron chi connectivity index (χ4n) is 4.68. The number of morpholine rings is 1. The zero-order valence-corrected chi connectivity index (χ0v) is 13.8. The second kappa shape index (κ2) is 5.85. The lowest BCUT2D eigenvalue weighted by Gasteiger charge is -2.48. The topological polar surface area (TPSA) is 27.7 Å². The van der Waals surface area contributed by atoms with Gasteiger partial charge in [0.1, 0.15) is 0 Å². The van der Waals surface area contributed by atoms with Crippen molar-refractivity contribution in [3.05, 3.63) is 34.9 Å². The molecule has 0 unspecified atom stereocenters. The van der Waals surface area contributed by atoms with Crippen LogP contribution in [-0.4, -0.2) is 54.7 Å². The molecule has 2 saturated heterocycles. The molecule has 0 amide bonds. The molecule has 1 aromatic carbocycles. The molecule has 4 nitrogen and oxygen atoms in total. The predicted molar refractivity (Wildman–Crippen MR) is 90.1 cm³/mol. The Bertz CT molecular complexity index is 586. The van der Waals surface area contributed by atoms with Crippen LogP contribution in [0.3, 0.4) is 0 Å². The number of benzene rings is 1. The molecule has 5 rings (SSSR count). The van der Waals surface area contributed by atoms with Crippen molar-refractivity contribution in [2.24, 2.45) is 5.92 Å². The first-order chi connectivity index (χ1) is 11.4. The molecular weight excluding hydrogens is 286 g/mol. The number of rotatable bonds is 3. The normalized spacial score (nSPS) is 31.8. The van der Waals surface area contributed by atoms with E-state index in [9.17, 15) is 0 Å². The molecule has 1 aromatic rings. The van der Waals surface area contributed by atoms with E-state index < -0.39 is 0 Å². The van der Waals surface area contributed by atoms with Crippen molar-refractivity contribution in [2.75, 3.05) is 32.8 Å². The van der Waals surface area contributed by atoms with Crippen LogP contribution in [0.15, 0.2) is 18.2 Å². The Morgan fingerprint density at radius 3 is 2.91 bits per heavy atom. The summed E-state index contributed by atoms with van der Waals surface area (Å²) in [5, 5.41) is 3.44. The van der Waals surface area contributed by atoms with E-state index in [-0.39, 0.29) is 0 Å². The first-order valence-corrected chi connectivity index (χ1v) is 9.24. The van der Waals surface area contributed by atoms with Crippen molar-refractivity contribution in [1.29, 1.82) is 0 Å². The van der Waals surface area contributed by atoms with Gasteiger partial charge in [0, 0.05) is 51.4 Å². The average Bonchev–Trinajstić information content (AvgIpc) is 3.32. The molecule has 3 heterocycles. The third-order valence-corrected chi connectivity index (χ3v) is 6.11. The van der Waals surface area contributed by atoms with Gasteiger partial charge in [-0.3, -0.25) is 9.80 Å². The second-order valence-electron chi connectivity index (χ2n) is 7.78. The smallest absolute Gasteiger partial charge is 0.0635 e. The van der Waals surface area contributed by atoms with E-state index in [4.69, 9.17) is 4.74 Å². The van der Waals surface area contributed by atoms with Gasteiger partial charge in [0.25, 0.3) is 0 Å². The lowest BCUT2D eigenvalue weighted by Crippen LogP contribution is -2.62. The number of ether oxygens (including phenoxy) is 1. The molecule has 3 aliphatic heterocycles. The van der Waals surface area contributed by atoms with Crippen LogP contribution in [0.5, 0.6) is 0 Å². The van der Waals surface area contributed by atoms with Crippen molar-refractivity contribution in [3.8, 4) is 0 Å². The van der Waals surface area contributed by atoms with Crippen molar-refractivity contribution in [3.63, 3.8) is 0 Å². The fourth-order valence-corrected chi connectivity index (χ4v) is 4.68. The van der Waals surface area contributed by atoms with Gasteiger partial charge in [0.2, 0.25) is 0 Å². The summed E-state index contributed by atoms with van der Waals surface area (Å²) in [6.45, 7) is 8.65. The monoisotopic (exact) mass is 313 g/mol. The van der Waals surface area contributed by atoms with Crippen LogP contribution < -0.4 is 5.32 Å². The van der Waals surface area contributed by atoms with Gasteiger partial charge in [-0.05, 0) is 35.4 Å². The third-order valence-electron chi connectivity index (χ3n) is 6.11. The molecule has 4 heteroatoms. The Hall–Kier alpha value is -0.940. The minimum absolute atomic E-state index is 0.610. The molecule has 0 spiro atoms. The van der Waals surface area contributed by atoms with Gasteiger partial charge < -0.3 is 10.1 Å². The lowest BCUT2D eigenvalue weighted by molar-refractivity contribution is -0.0880. The summed E-state index contributed by atoms with van der Waals surface area (Å²) < 4.78 is 5.94. The van der Waals surface area contributed by atoms with Gasteiger partial charge in [0.15, 0.2) is 0 Å². The summed E-state index contributed by atoms with van der Waals surface area (Å²) in [4.78, 5) is 5.40. The van der Waals surface area contributed by atoms with Crippen LogP contribution in [0.25, 0.3) is 0 Å². The molecule has 124 valence electrons. The number of fused-ring (bicyclic) bond motifs is 2. The van der Waals surface area contributed by atoms with Crippen LogP contribution in [0.2, 0.25) is 0 Å². The van der Waals surface area contributed by atoms with Gasteiger partial charge in [0.05, 0.1) is 13.2 Å². The van der Waals surface area contributed by atoms with Crippen LogP contribution in [0, 0.1) is 5.92 Å². The van der Waals surface area contributed by atoms with Gasteiger partial charge in [-0.1, -0.05) is 18.2 Å². The summed E-state index contributed by atoms with van der Waals surface area (Å²) in [5.74, 6) is 0.925. The minimum atomic E-state index is 0.610. The molecule has 23 heavy (non-hydrogen) atoms. The largest absolute Gasteiger partial charge is 0.378 e. The first-order valence-electron chi connectivity index (χ1n) is 9.24. The van der Waals surface area contributed by atoms with E-state index in [0.29, 0.717) is 12.1 Å². The number of nitrogens with zero attached hydrogens (tertiary/aromatic N) is 2. The van der Waals surface area contributed by atoms with Gasteiger partial charge in [-0.2, -0.15) is 0 Å². The van der Waals surface area contributed by atoms with Gasteiger partial charge in [-0.25, -0.2) is 0 Å². The van der Waals surface area contributed by atoms with Crippen molar-refractivity contribution in [2.45, 2.75) is 44.6 Å². The van der Waals surface area contributed by atoms with Crippen LogP contribution >= 0.6 is 0 Å². The van der Waals surface area contributed by atoms with Crippen LogP contribution in [0.4, 0.5) is 0 Å². The van der Waals surface area contributed by atoms with E-state index in [2.05, 4.69) is 33.3 Å². The van der Waals surface area contributed by atoms with Gasteiger partial charge in [-0.15, -0.1) is 0 Å². The third kappa shape index (κ3) is 2.82. The quantitative estimate of drug-likeness (QED) is 0.917. The van der Waals surface area contributed by atoms with E-state index >= 15 is 0 Å². The highest BCUT2D eigenvalue weighted by Gasteiger charge is 2.42.